The number of hydrogen-bond donors (Lipinski definition) is 0. The lowest BCUT2D eigenvalue weighted by atomic mass is 10.1. The average Bonchev–Trinajstić information content (AvgIpc) is 3.13. The highest BCUT2D eigenvalue weighted by atomic mass is 32.2. The van der Waals surface area contributed by atoms with Crippen molar-refractivity contribution in [2.45, 2.75) is 20.0 Å². The third kappa shape index (κ3) is 6.62. The van der Waals surface area contributed by atoms with E-state index >= 15 is 0 Å². The van der Waals surface area contributed by atoms with Crippen molar-refractivity contribution in [3.63, 3.8) is 0 Å². The minimum Gasteiger partial charge on any atom is -0.474 e. The van der Waals surface area contributed by atoms with Crippen LogP contribution < -0.4 is 0 Å². The van der Waals surface area contributed by atoms with Crippen LogP contribution in [0.2, 0.25) is 0 Å². The molecular formula is C15H23N3O2S. The molecule has 0 aliphatic carbocycles. The number of aliphatic imine (C=N–C) groups is 1. The zero-order chi connectivity index (χ0) is 15.3. The fraction of sp³-hybridized carbons (Fsp3) is 0.533. The maximum atomic E-state index is 10.1. The molecule has 1 saturated heterocycles. The molecule has 0 saturated carbocycles. The zero-order valence-electron chi connectivity index (χ0n) is 12.6. The zero-order valence-corrected chi connectivity index (χ0v) is 13.5. The predicted molar refractivity (Wildman–Crippen MR) is 87.7 cm³/mol. The lowest BCUT2D eigenvalue weighted by Gasteiger charge is -2.21. The molecule has 6 heteroatoms. The molecule has 1 aromatic heterocycles. The average molecular weight is 309 g/mol. The van der Waals surface area contributed by atoms with Gasteiger partial charge in [-0.2, -0.15) is 11.8 Å². The second-order valence-corrected chi connectivity index (χ2v) is 5.35. The van der Waals surface area contributed by atoms with Crippen LogP contribution in [0.5, 0.6) is 0 Å². The molecule has 0 radical (unpaired) electrons. The fourth-order valence-corrected chi connectivity index (χ4v) is 2.67. The van der Waals surface area contributed by atoms with Gasteiger partial charge >= 0.3 is 0 Å². The summed E-state index contributed by atoms with van der Waals surface area (Å²) < 4.78 is 5.22. The Kier molecular flexibility index (Phi) is 9.28. The van der Waals surface area contributed by atoms with E-state index in [4.69, 9.17) is 4.74 Å². The Hall–Kier alpha value is -1.56. The van der Waals surface area contributed by atoms with Crippen molar-refractivity contribution >= 4 is 24.6 Å². The first-order valence-electron chi connectivity index (χ1n) is 7.21. The van der Waals surface area contributed by atoms with Gasteiger partial charge in [-0.15, -0.1) is 0 Å². The number of thioether (sulfide) groups is 1. The van der Waals surface area contributed by atoms with Gasteiger partial charge in [-0.25, -0.2) is 0 Å². The Labute approximate surface area is 130 Å². The molecule has 0 N–H and O–H groups in total. The first-order valence-corrected chi connectivity index (χ1v) is 8.36. The van der Waals surface area contributed by atoms with E-state index in [0.29, 0.717) is 0 Å². The molecule has 21 heavy (non-hydrogen) atoms. The molecule has 116 valence electrons. The Morgan fingerprint density at radius 2 is 1.95 bits per heavy atom. The van der Waals surface area contributed by atoms with Gasteiger partial charge < -0.3 is 9.64 Å². The summed E-state index contributed by atoms with van der Waals surface area (Å²) in [5, 5.41) is 0. The number of hydrogen-bond acceptors (Lipinski definition) is 5. The minimum atomic E-state index is 0.109. The van der Waals surface area contributed by atoms with Crippen LogP contribution in [0.1, 0.15) is 25.5 Å². The van der Waals surface area contributed by atoms with Crippen LogP contribution in [0.25, 0.3) is 0 Å². The van der Waals surface area contributed by atoms with Gasteiger partial charge in [0.1, 0.15) is 6.10 Å². The van der Waals surface area contributed by atoms with Crippen LogP contribution in [-0.2, 0) is 9.53 Å². The summed E-state index contributed by atoms with van der Waals surface area (Å²) in [6.45, 7) is 6.60. The van der Waals surface area contributed by atoms with Crippen LogP contribution in [0.4, 0.5) is 0 Å². The maximum Gasteiger partial charge on any atom is 0.209 e. The van der Waals surface area contributed by atoms with Crippen molar-refractivity contribution in [1.29, 1.82) is 0 Å². The third-order valence-electron chi connectivity index (χ3n) is 2.84. The first-order chi connectivity index (χ1) is 10.4. The number of carbonyl (C=O) groups is 1. The van der Waals surface area contributed by atoms with Crippen molar-refractivity contribution in [2.75, 3.05) is 31.1 Å². The molecule has 5 nitrogen and oxygen atoms in total. The van der Waals surface area contributed by atoms with Crippen molar-refractivity contribution in [3.05, 3.63) is 30.1 Å². The second-order valence-electron chi connectivity index (χ2n) is 4.13. The topological polar surface area (TPSA) is 54.8 Å². The number of aromatic nitrogens is 1. The van der Waals surface area contributed by atoms with E-state index in [2.05, 4.69) is 9.98 Å². The number of ether oxygens (including phenoxy) is 1. The van der Waals surface area contributed by atoms with Crippen LogP contribution in [-0.4, -0.2) is 53.8 Å². The molecule has 1 amide bonds. The first kappa shape index (κ1) is 17.5. The quantitative estimate of drug-likeness (QED) is 0.787. The number of carbonyl (C=O) groups excluding carboxylic acids is 1. The van der Waals surface area contributed by atoms with Gasteiger partial charge in [0.15, 0.2) is 6.40 Å². The summed E-state index contributed by atoms with van der Waals surface area (Å²) in [6.07, 6.45) is 6.07. The lowest BCUT2D eigenvalue weighted by molar-refractivity contribution is -0.117. The standard InChI is InChI=1S/C8H8N2O.C5H9NOS.C2H6/c1-3-9-4-2-7(1)8-5-10-6-11-8;7-5-6-1-3-8-4-2-6;1-2/h1-4,6,8H,5H2;5H,1-4H2;1-2H3. The normalized spacial score (nSPS) is 19.5. The Morgan fingerprint density at radius 1 is 1.29 bits per heavy atom. The van der Waals surface area contributed by atoms with Gasteiger partial charge in [0.2, 0.25) is 6.41 Å². The molecule has 0 bridgehead atoms. The summed E-state index contributed by atoms with van der Waals surface area (Å²) >= 11 is 1.91. The van der Waals surface area contributed by atoms with Gasteiger partial charge in [0, 0.05) is 37.0 Å². The molecule has 3 rings (SSSR count). The molecule has 0 aromatic carbocycles. The molecule has 0 spiro atoms. The molecule has 1 atom stereocenters. The Morgan fingerprint density at radius 3 is 2.43 bits per heavy atom. The summed E-state index contributed by atoms with van der Waals surface area (Å²) in [4.78, 5) is 19.8. The van der Waals surface area contributed by atoms with E-state index in [1.54, 1.807) is 12.4 Å². The number of nitrogens with zero attached hydrogens (tertiary/aromatic N) is 3. The lowest BCUT2D eigenvalue weighted by Crippen LogP contribution is -2.30. The van der Waals surface area contributed by atoms with E-state index < -0.39 is 0 Å². The number of pyridine rings is 1. The highest BCUT2D eigenvalue weighted by molar-refractivity contribution is 7.99. The van der Waals surface area contributed by atoms with Crippen LogP contribution >= 0.6 is 11.8 Å². The summed E-state index contributed by atoms with van der Waals surface area (Å²) in [6, 6.07) is 3.89. The van der Waals surface area contributed by atoms with E-state index in [1.807, 2.05) is 42.6 Å². The van der Waals surface area contributed by atoms with E-state index in [-0.39, 0.29) is 6.10 Å². The SMILES string of the molecule is C1=NCC(c2ccncc2)O1.CC.O=CN1CCSCC1. The van der Waals surface area contributed by atoms with Gasteiger partial charge in [0.25, 0.3) is 0 Å². The fourth-order valence-electron chi connectivity index (χ4n) is 1.74. The molecule has 1 unspecified atom stereocenters. The van der Waals surface area contributed by atoms with Crippen molar-refractivity contribution < 1.29 is 9.53 Å². The van der Waals surface area contributed by atoms with E-state index in [0.717, 1.165) is 43.1 Å². The molecule has 1 aromatic rings. The third-order valence-corrected chi connectivity index (χ3v) is 3.79. The Balaban J connectivity index is 0.000000196. The van der Waals surface area contributed by atoms with Crippen molar-refractivity contribution in [1.82, 2.24) is 9.88 Å². The molecular weight excluding hydrogens is 286 g/mol. The maximum absolute atomic E-state index is 10.1. The van der Waals surface area contributed by atoms with Crippen LogP contribution in [0, 0.1) is 0 Å². The molecule has 2 aliphatic heterocycles. The number of rotatable bonds is 2. The minimum absolute atomic E-state index is 0.109. The van der Waals surface area contributed by atoms with E-state index in [1.165, 1.54) is 6.40 Å². The van der Waals surface area contributed by atoms with Crippen LogP contribution in [0.15, 0.2) is 29.5 Å². The largest absolute Gasteiger partial charge is 0.474 e. The van der Waals surface area contributed by atoms with Crippen molar-refractivity contribution in [3.8, 4) is 0 Å². The molecule has 1 fully saturated rings. The summed E-state index contributed by atoms with van der Waals surface area (Å²) in [7, 11) is 0. The monoisotopic (exact) mass is 309 g/mol. The highest BCUT2D eigenvalue weighted by Crippen LogP contribution is 2.18. The van der Waals surface area contributed by atoms with Gasteiger partial charge in [-0.1, -0.05) is 13.8 Å². The number of amides is 1. The Bertz CT molecular complexity index is 401. The van der Waals surface area contributed by atoms with Crippen molar-refractivity contribution in [2.24, 2.45) is 4.99 Å². The molecule has 3 heterocycles. The van der Waals surface area contributed by atoms with E-state index in [9.17, 15) is 4.79 Å². The predicted octanol–water partition coefficient (Wildman–Crippen LogP) is 2.40. The van der Waals surface area contributed by atoms with Gasteiger partial charge in [-0.3, -0.25) is 14.8 Å². The molecule has 2 aliphatic rings. The van der Waals surface area contributed by atoms with Crippen LogP contribution in [0.3, 0.4) is 0 Å². The summed E-state index contributed by atoms with van der Waals surface area (Å²) in [5.41, 5.74) is 1.14. The van der Waals surface area contributed by atoms with Gasteiger partial charge in [0.05, 0.1) is 6.54 Å². The summed E-state index contributed by atoms with van der Waals surface area (Å²) in [5.74, 6) is 2.22. The second kappa shape index (κ2) is 11.1. The smallest absolute Gasteiger partial charge is 0.209 e. The van der Waals surface area contributed by atoms with Gasteiger partial charge in [-0.05, 0) is 17.7 Å². The highest BCUT2D eigenvalue weighted by Gasteiger charge is 2.13.